The summed E-state index contributed by atoms with van der Waals surface area (Å²) in [5, 5.41) is 11.5. The first-order chi connectivity index (χ1) is 20.5. The zero-order valence-electron chi connectivity index (χ0n) is 23.4. The maximum Gasteiger partial charge on any atom is 0.261 e. The second-order valence-corrected chi connectivity index (χ2v) is 14.8. The quantitative estimate of drug-likeness (QED) is 0.228. The summed E-state index contributed by atoms with van der Waals surface area (Å²) in [4.78, 5) is 40.8. The third-order valence-electron chi connectivity index (χ3n) is 7.88. The number of carbonyl (C=O) groups excluding carboxylic acids is 3. The predicted octanol–water partition coefficient (Wildman–Crippen LogP) is 1.96. The van der Waals surface area contributed by atoms with Crippen molar-refractivity contribution in [2.75, 3.05) is 31.2 Å². The second-order valence-electron chi connectivity index (χ2n) is 10.8. The Kier molecular flexibility index (Phi) is 8.97. The molecule has 1 fully saturated rings. The number of carbonyl (C=O) groups is 3. The van der Waals surface area contributed by atoms with E-state index in [-0.39, 0.29) is 35.9 Å². The van der Waals surface area contributed by atoms with Crippen molar-refractivity contribution in [2.45, 2.75) is 42.7 Å². The smallest absolute Gasteiger partial charge is 0.261 e. The number of aliphatic hydroxyl groups excluding tert-OH is 1. The molecular formula is C30H33N3O8S2. The number of nitrogens with zero attached hydrogens (tertiary/aromatic N) is 2. The van der Waals surface area contributed by atoms with Crippen LogP contribution in [0, 0.1) is 0 Å². The molecule has 2 aliphatic heterocycles. The van der Waals surface area contributed by atoms with Crippen molar-refractivity contribution in [3.05, 3.63) is 77.9 Å². The van der Waals surface area contributed by atoms with Gasteiger partial charge in [0.05, 0.1) is 34.1 Å². The van der Waals surface area contributed by atoms with Gasteiger partial charge in [-0.1, -0.05) is 42.5 Å². The maximum atomic E-state index is 13.3. The highest BCUT2D eigenvalue weighted by Crippen LogP contribution is 2.24. The van der Waals surface area contributed by atoms with E-state index in [9.17, 15) is 36.3 Å². The third-order valence-corrected chi connectivity index (χ3v) is 11.2. The first-order valence-corrected chi connectivity index (χ1v) is 17.4. The fourth-order valence-corrected chi connectivity index (χ4v) is 8.62. The zero-order chi connectivity index (χ0) is 30.8. The fourth-order valence-electron chi connectivity index (χ4n) is 5.67. The average molecular weight is 628 g/mol. The van der Waals surface area contributed by atoms with Gasteiger partial charge in [-0.25, -0.2) is 16.8 Å². The lowest BCUT2D eigenvalue weighted by Gasteiger charge is -2.28. The van der Waals surface area contributed by atoms with Crippen LogP contribution in [0.25, 0.3) is 10.8 Å². The number of rotatable bonds is 12. The highest BCUT2D eigenvalue weighted by Gasteiger charge is 2.38. The molecule has 43 heavy (non-hydrogen) atoms. The number of hydrogen-bond acceptors (Lipinski definition) is 8. The van der Waals surface area contributed by atoms with Crippen LogP contribution in [-0.4, -0.2) is 92.7 Å². The van der Waals surface area contributed by atoms with Gasteiger partial charge >= 0.3 is 0 Å². The highest BCUT2D eigenvalue weighted by atomic mass is 32.2. The predicted molar refractivity (Wildman–Crippen MR) is 160 cm³/mol. The molecule has 1 saturated heterocycles. The van der Waals surface area contributed by atoms with E-state index in [2.05, 4.69) is 4.72 Å². The summed E-state index contributed by atoms with van der Waals surface area (Å²) in [5.74, 6) is -1.96. The highest BCUT2D eigenvalue weighted by molar-refractivity contribution is 7.91. The Labute approximate surface area is 250 Å². The largest absolute Gasteiger partial charge is 0.394 e. The molecule has 0 spiro atoms. The van der Waals surface area contributed by atoms with E-state index in [0.29, 0.717) is 35.8 Å². The number of likely N-dealkylation sites (tertiary alicyclic amines) is 1. The number of unbranched alkanes of at least 4 members (excludes halogenated alkanes) is 1. The van der Waals surface area contributed by atoms with Gasteiger partial charge in [0.1, 0.15) is 6.04 Å². The van der Waals surface area contributed by atoms with Gasteiger partial charge in [-0.15, -0.1) is 0 Å². The Morgan fingerprint density at radius 1 is 0.907 bits per heavy atom. The van der Waals surface area contributed by atoms with E-state index in [1.807, 2.05) is 12.1 Å². The summed E-state index contributed by atoms with van der Waals surface area (Å²) in [7, 11) is -7.79. The van der Waals surface area contributed by atoms with Gasteiger partial charge in [-0.2, -0.15) is 4.72 Å². The van der Waals surface area contributed by atoms with Gasteiger partial charge in [-0.3, -0.25) is 19.3 Å². The number of sulfonamides is 1. The number of sulfone groups is 1. The molecule has 228 valence electrons. The lowest BCUT2D eigenvalue weighted by molar-refractivity contribution is -0.134. The van der Waals surface area contributed by atoms with Crippen molar-refractivity contribution in [2.24, 2.45) is 0 Å². The van der Waals surface area contributed by atoms with Crippen LogP contribution in [0.1, 0.15) is 46.4 Å². The van der Waals surface area contributed by atoms with Crippen LogP contribution in [0.15, 0.2) is 71.6 Å². The van der Waals surface area contributed by atoms with Crippen LogP contribution in [0.3, 0.4) is 0 Å². The Hall–Kier alpha value is -3.65. The van der Waals surface area contributed by atoms with Gasteiger partial charge in [0.15, 0.2) is 9.84 Å². The van der Waals surface area contributed by atoms with E-state index >= 15 is 0 Å². The number of aliphatic hydroxyl groups is 1. The molecule has 2 aliphatic rings. The molecule has 5 rings (SSSR count). The number of fused-ring (bicyclic) bond motifs is 2. The summed E-state index contributed by atoms with van der Waals surface area (Å²) in [6.45, 7) is -0.447. The summed E-state index contributed by atoms with van der Waals surface area (Å²) >= 11 is 0. The second kappa shape index (κ2) is 12.5. The van der Waals surface area contributed by atoms with E-state index in [0.717, 1.165) is 10.3 Å². The standard InChI is InChI=1S/C30H33N3O8S2/c34-19-27(31-43(40,41)24-14-13-21-8-1-2-9-22(21)18-24)30(37)32-16-7-10-23(32)20-42(38,39)17-6-5-15-33-28(35)25-11-3-4-12-26(25)29(33)36/h1-4,8-9,11-14,18,23,27,31,34H,5-7,10,15-17,19-20H2/t23-,27-/m0/s1. The molecule has 0 aromatic heterocycles. The molecule has 0 unspecified atom stereocenters. The molecular weight excluding hydrogens is 594 g/mol. The molecule has 3 aromatic rings. The Bertz CT molecular complexity index is 1740. The lowest BCUT2D eigenvalue weighted by atomic mass is 10.1. The molecule has 2 heterocycles. The molecule has 0 radical (unpaired) electrons. The lowest BCUT2D eigenvalue weighted by Crippen LogP contribution is -2.52. The van der Waals surface area contributed by atoms with Crippen molar-refractivity contribution in [3.8, 4) is 0 Å². The van der Waals surface area contributed by atoms with Gasteiger partial charge in [0, 0.05) is 19.1 Å². The minimum absolute atomic E-state index is 0.0563. The zero-order valence-corrected chi connectivity index (χ0v) is 25.0. The molecule has 11 nitrogen and oxygen atoms in total. The topological polar surface area (TPSA) is 158 Å². The van der Waals surface area contributed by atoms with Crippen LogP contribution in [0.2, 0.25) is 0 Å². The van der Waals surface area contributed by atoms with Crippen molar-refractivity contribution < 1.29 is 36.3 Å². The van der Waals surface area contributed by atoms with E-state index < -0.39 is 56.3 Å². The van der Waals surface area contributed by atoms with Gasteiger partial charge in [0.2, 0.25) is 15.9 Å². The van der Waals surface area contributed by atoms with Crippen molar-refractivity contribution in [3.63, 3.8) is 0 Å². The van der Waals surface area contributed by atoms with Crippen LogP contribution < -0.4 is 4.72 Å². The fraction of sp³-hybridized carbons (Fsp3) is 0.367. The maximum absolute atomic E-state index is 13.3. The minimum Gasteiger partial charge on any atom is -0.394 e. The van der Waals surface area contributed by atoms with Gasteiger partial charge in [-0.05, 0) is 60.7 Å². The Morgan fingerprint density at radius 2 is 1.56 bits per heavy atom. The molecule has 13 heteroatoms. The molecule has 2 N–H and O–H groups in total. The van der Waals surface area contributed by atoms with Crippen LogP contribution in [-0.2, 0) is 24.7 Å². The Balaban J connectivity index is 1.16. The average Bonchev–Trinajstić information content (AvgIpc) is 3.54. The first kappa shape index (κ1) is 30.8. The van der Waals surface area contributed by atoms with Crippen LogP contribution in [0.4, 0.5) is 0 Å². The number of amides is 3. The summed E-state index contributed by atoms with van der Waals surface area (Å²) in [6.07, 6.45) is 1.50. The molecule has 0 bridgehead atoms. The normalized spacial score (nSPS) is 17.9. The van der Waals surface area contributed by atoms with Crippen LogP contribution in [0.5, 0.6) is 0 Å². The Morgan fingerprint density at radius 3 is 2.23 bits per heavy atom. The molecule has 0 saturated carbocycles. The van der Waals surface area contributed by atoms with Crippen molar-refractivity contribution in [1.29, 1.82) is 0 Å². The summed E-state index contributed by atoms with van der Waals surface area (Å²) in [5.41, 5.74) is 0.679. The van der Waals surface area contributed by atoms with E-state index in [1.165, 1.54) is 17.0 Å². The minimum atomic E-state index is -4.17. The van der Waals surface area contributed by atoms with Crippen molar-refractivity contribution >= 4 is 48.4 Å². The van der Waals surface area contributed by atoms with Crippen LogP contribution >= 0.6 is 0 Å². The monoisotopic (exact) mass is 627 g/mol. The molecule has 0 aliphatic carbocycles. The van der Waals surface area contributed by atoms with Crippen molar-refractivity contribution in [1.82, 2.24) is 14.5 Å². The molecule has 3 amide bonds. The SMILES string of the molecule is O=C1c2ccccc2C(=O)N1CCCCS(=O)(=O)C[C@@H]1CCCN1C(=O)[C@H](CO)NS(=O)(=O)c1ccc2ccccc2c1. The molecule has 3 aromatic carbocycles. The van der Waals surface area contributed by atoms with Gasteiger partial charge in [0.25, 0.3) is 11.8 Å². The third kappa shape index (κ3) is 6.64. The number of imide groups is 1. The van der Waals surface area contributed by atoms with E-state index in [1.54, 1.807) is 42.5 Å². The first-order valence-electron chi connectivity index (χ1n) is 14.1. The van der Waals surface area contributed by atoms with Gasteiger partial charge < -0.3 is 10.0 Å². The summed E-state index contributed by atoms with van der Waals surface area (Å²) < 4.78 is 54.4. The van der Waals surface area contributed by atoms with E-state index in [4.69, 9.17) is 0 Å². The summed E-state index contributed by atoms with van der Waals surface area (Å²) in [6, 6.07) is 16.2. The number of nitrogens with one attached hydrogen (secondary N) is 1. The number of hydrogen-bond donors (Lipinski definition) is 2. The number of benzene rings is 3. The molecule has 2 atom stereocenters.